The van der Waals surface area contributed by atoms with Gasteiger partial charge in [0.15, 0.2) is 0 Å². The average molecular weight is 292 g/mol. The maximum Gasteiger partial charge on any atom is 0.248 e. The van der Waals surface area contributed by atoms with E-state index in [9.17, 15) is 14.0 Å². The van der Waals surface area contributed by atoms with E-state index in [2.05, 4.69) is 26.8 Å². The number of hydrogen-bond acceptors (Lipinski definition) is 2. The number of nitrogens with zero attached hydrogens (tertiary/aromatic N) is 2. The highest BCUT2D eigenvalue weighted by molar-refractivity contribution is 5.42. The second-order valence-electron chi connectivity index (χ2n) is 7.08. The molecule has 0 N–H and O–H groups in total. The van der Waals surface area contributed by atoms with Crippen LogP contribution in [0.1, 0.15) is 74.9 Å². The van der Waals surface area contributed by atoms with Crippen molar-refractivity contribution in [3.8, 4) is 6.07 Å². The highest BCUT2D eigenvalue weighted by Crippen LogP contribution is 2.41. The minimum atomic E-state index is -2.55. The lowest BCUT2D eigenvalue weighted by Crippen LogP contribution is -2.25. The molecule has 1 saturated carbocycles. The zero-order chi connectivity index (χ0) is 15.8. The Balaban J connectivity index is 2.41. The Morgan fingerprint density at radius 3 is 2.33 bits per heavy atom. The molecule has 1 aromatic rings. The van der Waals surface area contributed by atoms with Crippen molar-refractivity contribution in [3.05, 3.63) is 28.6 Å². The van der Waals surface area contributed by atoms with Crippen LogP contribution in [0.4, 0.5) is 8.78 Å². The highest BCUT2D eigenvalue weighted by Gasteiger charge is 2.37. The lowest BCUT2D eigenvalue weighted by molar-refractivity contribution is -0.0385. The Morgan fingerprint density at radius 1 is 1.29 bits per heavy atom. The Morgan fingerprint density at radius 2 is 1.86 bits per heavy atom. The lowest BCUT2D eigenvalue weighted by Gasteiger charge is -2.30. The Kier molecular flexibility index (Phi) is 4.06. The molecule has 2 rings (SSSR count). The van der Waals surface area contributed by atoms with E-state index in [0.29, 0.717) is 24.1 Å². The van der Waals surface area contributed by atoms with Crippen LogP contribution in [-0.4, -0.2) is 10.9 Å². The van der Waals surface area contributed by atoms with E-state index in [4.69, 9.17) is 4.98 Å². The van der Waals surface area contributed by atoms with E-state index in [0.717, 1.165) is 11.3 Å². The monoisotopic (exact) mass is 292 g/mol. The molecule has 0 spiro atoms. The van der Waals surface area contributed by atoms with Crippen LogP contribution in [0, 0.1) is 18.3 Å². The van der Waals surface area contributed by atoms with Gasteiger partial charge in [-0.3, -0.25) is 4.98 Å². The smallest absolute Gasteiger partial charge is 0.248 e. The van der Waals surface area contributed by atoms with Crippen molar-refractivity contribution in [1.29, 1.82) is 5.26 Å². The summed E-state index contributed by atoms with van der Waals surface area (Å²) in [6, 6.07) is 4.04. The molecule has 114 valence electrons. The summed E-state index contributed by atoms with van der Waals surface area (Å²) in [7, 11) is 0. The summed E-state index contributed by atoms with van der Waals surface area (Å²) in [4.78, 5) is 4.72. The quantitative estimate of drug-likeness (QED) is 0.741. The van der Waals surface area contributed by atoms with Crippen molar-refractivity contribution in [2.75, 3.05) is 0 Å². The molecule has 1 heterocycles. The van der Waals surface area contributed by atoms with Crippen LogP contribution in [0.15, 0.2) is 6.07 Å². The topological polar surface area (TPSA) is 36.7 Å². The minimum Gasteiger partial charge on any atom is -0.255 e. The van der Waals surface area contributed by atoms with E-state index >= 15 is 0 Å². The van der Waals surface area contributed by atoms with Gasteiger partial charge in [-0.25, -0.2) is 8.78 Å². The molecule has 4 heteroatoms. The number of aryl methyl sites for hydroxylation is 1. The van der Waals surface area contributed by atoms with Crippen molar-refractivity contribution < 1.29 is 8.78 Å². The molecule has 0 aliphatic heterocycles. The van der Waals surface area contributed by atoms with E-state index in [1.807, 2.05) is 13.0 Å². The van der Waals surface area contributed by atoms with E-state index in [1.165, 1.54) is 0 Å². The number of hydrogen-bond donors (Lipinski definition) is 0. The van der Waals surface area contributed by atoms with Gasteiger partial charge in [-0.1, -0.05) is 20.8 Å². The molecule has 1 aliphatic rings. The normalized spacial score (nSPS) is 19.3. The van der Waals surface area contributed by atoms with E-state index in [1.54, 1.807) is 0 Å². The van der Waals surface area contributed by atoms with Crippen molar-refractivity contribution in [3.63, 3.8) is 0 Å². The standard InChI is InChI=1S/C17H22F2N2/c1-11-9-13(10-20)14(21-15(11)16(2,3)4)12-5-7-17(18,19)8-6-12/h9,12H,5-8H2,1-4H3. The van der Waals surface area contributed by atoms with Crippen LogP contribution in [-0.2, 0) is 5.41 Å². The van der Waals surface area contributed by atoms with Crippen molar-refractivity contribution in [2.24, 2.45) is 0 Å². The van der Waals surface area contributed by atoms with Gasteiger partial charge in [0.1, 0.15) is 6.07 Å². The highest BCUT2D eigenvalue weighted by atomic mass is 19.3. The van der Waals surface area contributed by atoms with Crippen LogP contribution >= 0.6 is 0 Å². The average Bonchev–Trinajstić information content (AvgIpc) is 2.37. The summed E-state index contributed by atoms with van der Waals surface area (Å²) < 4.78 is 26.6. The van der Waals surface area contributed by atoms with Crippen molar-refractivity contribution in [2.45, 2.75) is 70.6 Å². The van der Waals surface area contributed by atoms with Gasteiger partial charge in [0.05, 0.1) is 11.3 Å². The fraction of sp³-hybridized carbons (Fsp3) is 0.647. The molecule has 0 radical (unpaired) electrons. The molecule has 0 amide bonds. The van der Waals surface area contributed by atoms with Crippen LogP contribution in [0.25, 0.3) is 0 Å². The number of halogens is 2. The molecule has 0 saturated heterocycles. The summed E-state index contributed by atoms with van der Waals surface area (Å²) in [6.07, 6.45) is 0.592. The Labute approximate surface area is 125 Å². The largest absolute Gasteiger partial charge is 0.255 e. The molecule has 1 fully saturated rings. The molecule has 1 aliphatic carbocycles. The lowest BCUT2D eigenvalue weighted by atomic mass is 9.81. The van der Waals surface area contributed by atoms with Crippen LogP contribution < -0.4 is 0 Å². The van der Waals surface area contributed by atoms with Gasteiger partial charge in [-0.05, 0) is 31.4 Å². The summed E-state index contributed by atoms with van der Waals surface area (Å²) >= 11 is 0. The Bertz CT molecular complexity index is 570. The van der Waals surface area contributed by atoms with Gasteiger partial charge in [-0.15, -0.1) is 0 Å². The number of pyridine rings is 1. The predicted molar refractivity (Wildman–Crippen MR) is 78.5 cm³/mol. The number of alkyl halides is 2. The first kappa shape index (κ1) is 15.9. The maximum absolute atomic E-state index is 13.3. The summed E-state index contributed by atoms with van der Waals surface area (Å²) in [6.45, 7) is 8.18. The van der Waals surface area contributed by atoms with Gasteiger partial charge < -0.3 is 0 Å². The molecule has 0 bridgehead atoms. The minimum absolute atomic E-state index is 0.0269. The SMILES string of the molecule is Cc1cc(C#N)c(C2CCC(F)(F)CC2)nc1C(C)(C)C. The molecule has 1 aromatic heterocycles. The van der Waals surface area contributed by atoms with E-state index in [-0.39, 0.29) is 24.2 Å². The van der Waals surface area contributed by atoms with Crippen LogP contribution in [0.5, 0.6) is 0 Å². The zero-order valence-electron chi connectivity index (χ0n) is 13.1. The molecule has 2 nitrogen and oxygen atoms in total. The summed E-state index contributed by atoms with van der Waals surface area (Å²) in [5.74, 6) is -2.58. The third kappa shape index (κ3) is 3.40. The molecule has 0 atom stereocenters. The van der Waals surface area contributed by atoms with Crippen molar-refractivity contribution in [1.82, 2.24) is 4.98 Å². The first-order valence-electron chi connectivity index (χ1n) is 7.44. The second kappa shape index (κ2) is 5.36. The zero-order valence-corrected chi connectivity index (χ0v) is 13.1. The second-order valence-corrected chi connectivity index (χ2v) is 7.08. The Hall–Kier alpha value is -1.50. The summed E-state index contributed by atoms with van der Waals surface area (Å²) in [5.41, 5.74) is 3.07. The number of aromatic nitrogens is 1. The fourth-order valence-electron chi connectivity index (χ4n) is 3.10. The first-order valence-corrected chi connectivity index (χ1v) is 7.44. The van der Waals surface area contributed by atoms with Crippen LogP contribution in [0.3, 0.4) is 0 Å². The number of rotatable bonds is 1. The third-order valence-corrected chi connectivity index (χ3v) is 4.18. The molecular weight excluding hydrogens is 270 g/mol. The maximum atomic E-state index is 13.3. The van der Waals surface area contributed by atoms with Crippen molar-refractivity contribution >= 4 is 0 Å². The predicted octanol–water partition coefficient (Wildman–Crippen LogP) is 4.85. The molecule has 0 unspecified atom stereocenters. The van der Waals surface area contributed by atoms with Gasteiger partial charge in [0, 0.05) is 29.9 Å². The fourth-order valence-corrected chi connectivity index (χ4v) is 3.10. The number of nitriles is 1. The van der Waals surface area contributed by atoms with E-state index < -0.39 is 5.92 Å². The van der Waals surface area contributed by atoms with Gasteiger partial charge in [0.2, 0.25) is 5.92 Å². The molecule has 21 heavy (non-hydrogen) atoms. The summed E-state index contributed by atoms with van der Waals surface area (Å²) in [5, 5.41) is 9.33. The first-order chi connectivity index (χ1) is 9.64. The van der Waals surface area contributed by atoms with Crippen LogP contribution in [0.2, 0.25) is 0 Å². The third-order valence-electron chi connectivity index (χ3n) is 4.18. The molecule has 0 aromatic carbocycles. The van der Waals surface area contributed by atoms with Gasteiger partial charge in [-0.2, -0.15) is 5.26 Å². The van der Waals surface area contributed by atoms with Gasteiger partial charge in [0.25, 0.3) is 0 Å². The molecular formula is C17H22F2N2. The van der Waals surface area contributed by atoms with Gasteiger partial charge >= 0.3 is 0 Å².